The predicted molar refractivity (Wildman–Crippen MR) is 110 cm³/mol. The van der Waals surface area contributed by atoms with Crippen LogP contribution in [0.4, 0.5) is 5.69 Å². The molecule has 1 aromatic carbocycles. The van der Waals surface area contributed by atoms with E-state index in [0.29, 0.717) is 12.1 Å². The van der Waals surface area contributed by atoms with Crippen molar-refractivity contribution in [2.75, 3.05) is 32.1 Å². The maximum Gasteiger partial charge on any atom is 0.253 e. The lowest BCUT2D eigenvalue weighted by Crippen LogP contribution is -2.46. The molecule has 1 unspecified atom stereocenters. The average molecular weight is 367 g/mol. The van der Waals surface area contributed by atoms with Crippen LogP contribution >= 0.6 is 0 Å². The molecule has 1 aromatic heterocycles. The minimum absolute atomic E-state index is 0.0482. The van der Waals surface area contributed by atoms with Gasteiger partial charge in [-0.1, -0.05) is 6.07 Å². The molecule has 0 bridgehead atoms. The van der Waals surface area contributed by atoms with E-state index in [1.807, 2.05) is 30.6 Å². The fourth-order valence-corrected chi connectivity index (χ4v) is 3.71. The Labute approximate surface area is 162 Å². The highest BCUT2D eigenvalue weighted by molar-refractivity contribution is 5.94. The molecule has 0 saturated carbocycles. The van der Waals surface area contributed by atoms with Crippen LogP contribution in [0.15, 0.2) is 48.8 Å². The third-order valence-electron chi connectivity index (χ3n) is 5.17. The Balaban J connectivity index is 1.48. The smallest absolute Gasteiger partial charge is 0.253 e. The zero-order valence-corrected chi connectivity index (χ0v) is 16.6. The molecule has 1 amide bonds. The number of carbonyl (C=O) groups is 1. The summed E-state index contributed by atoms with van der Waals surface area (Å²) < 4.78 is 0. The van der Waals surface area contributed by atoms with Gasteiger partial charge < -0.3 is 15.1 Å². The summed E-state index contributed by atoms with van der Waals surface area (Å²) in [6.45, 7) is 4.33. The van der Waals surface area contributed by atoms with Crippen molar-refractivity contribution in [1.29, 1.82) is 0 Å². The van der Waals surface area contributed by atoms with Crippen molar-refractivity contribution in [3.05, 3.63) is 59.9 Å². The van der Waals surface area contributed by atoms with Crippen molar-refractivity contribution in [1.82, 2.24) is 15.2 Å². The van der Waals surface area contributed by atoms with E-state index in [9.17, 15) is 4.79 Å². The third kappa shape index (κ3) is 5.30. The van der Waals surface area contributed by atoms with Gasteiger partial charge in [-0.2, -0.15) is 0 Å². The molecule has 1 saturated heterocycles. The first-order valence-corrected chi connectivity index (χ1v) is 9.74. The van der Waals surface area contributed by atoms with E-state index >= 15 is 0 Å². The van der Waals surface area contributed by atoms with Gasteiger partial charge in [0.2, 0.25) is 0 Å². The molecule has 2 aromatic rings. The lowest BCUT2D eigenvalue weighted by molar-refractivity contribution is 0.0827. The number of pyridine rings is 1. The third-order valence-corrected chi connectivity index (χ3v) is 5.17. The van der Waals surface area contributed by atoms with Crippen molar-refractivity contribution in [3.63, 3.8) is 0 Å². The minimum Gasteiger partial charge on any atom is -0.371 e. The molecule has 1 aliphatic rings. The SMILES string of the molecule is CC(Cc1cccnc1)NC1CCN(c2ccc(C(=O)N(C)C)cc2)CC1. The number of aromatic nitrogens is 1. The van der Waals surface area contributed by atoms with Crippen LogP contribution in [0.5, 0.6) is 0 Å². The number of nitrogens with one attached hydrogen (secondary N) is 1. The maximum atomic E-state index is 12.0. The summed E-state index contributed by atoms with van der Waals surface area (Å²) in [5, 5.41) is 3.77. The van der Waals surface area contributed by atoms with E-state index in [1.165, 1.54) is 11.3 Å². The van der Waals surface area contributed by atoms with E-state index < -0.39 is 0 Å². The van der Waals surface area contributed by atoms with Crippen molar-refractivity contribution >= 4 is 11.6 Å². The molecule has 1 atom stereocenters. The number of rotatable bonds is 6. The number of amides is 1. The van der Waals surface area contributed by atoms with Crippen molar-refractivity contribution < 1.29 is 4.79 Å². The number of carbonyl (C=O) groups excluding carboxylic acids is 1. The molecule has 0 radical (unpaired) electrons. The molecule has 27 heavy (non-hydrogen) atoms. The monoisotopic (exact) mass is 366 g/mol. The first kappa shape index (κ1) is 19.4. The molecule has 5 nitrogen and oxygen atoms in total. The minimum atomic E-state index is 0.0482. The predicted octanol–water partition coefficient (Wildman–Crippen LogP) is 2.97. The second-order valence-electron chi connectivity index (χ2n) is 7.64. The van der Waals surface area contributed by atoms with E-state index in [4.69, 9.17) is 0 Å². The summed E-state index contributed by atoms with van der Waals surface area (Å²) >= 11 is 0. The van der Waals surface area contributed by atoms with E-state index in [-0.39, 0.29) is 5.91 Å². The van der Waals surface area contributed by atoms with Gasteiger partial charge >= 0.3 is 0 Å². The van der Waals surface area contributed by atoms with Crippen LogP contribution in [-0.4, -0.2) is 55.1 Å². The van der Waals surface area contributed by atoms with Gasteiger partial charge in [-0.3, -0.25) is 9.78 Å². The first-order valence-electron chi connectivity index (χ1n) is 9.74. The summed E-state index contributed by atoms with van der Waals surface area (Å²) in [5.74, 6) is 0.0482. The Kier molecular flexibility index (Phi) is 6.45. The molecule has 144 valence electrons. The molecule has 3 rings (SSSR count). The summed E-state index contributed by atoms with van der Waals surface area (Å²) in [4.78, 5) is 20.2. The first-order chi connectivity index (χ1) is 13.0. The topological polar surface area (TPSA) is 48.5 Å². The fraction of sp³-hybridized carbons (Fsp3) is 0.455. The Hall–Kier alpha value is -2.40. The van der Waals surface area contributed by atoms with Gasteiger partial charge in [0.25, 0.3) is 5.91 Å². The van der Waals surface area contributed by atoms with E-state index in [1.54, 1.807) is 19.0 Å². The molecular weight excluding hydrogens is 336 g/mol. The highest BCUT2D eigenvalue weighted by Gasteiger charge is 2.21. The number of benzene rings is 1. The molecule has 5 heteroatoms. The average Bonchev–Trinajstić information content (AvgIpc) is 2.69. The van der Waals surface area contributed by atoms with Gasteiger partial charge in [-0.15, -0.1) is 0 Å². The Morgan fingerprint density at radius 1 is 1.22 bits per heavy atom. The summed E-state index contributed by atoms with van der Waals surface area (Å²) in [7, 11) is 3.56. The summed E-state index contributed by atoms with van der Waals surface area (Å²) in [6, 6.07) is 13.1. The number of nitrogens with zero attached hydrogens (tertiary/aromatic N) is 3. The zero-order chi connectivity index (χ0) is 19.2. The summed E-state index contributed by atoms with van der Waals surface area (Å²) in [5.41, 5.74) is 3.22. The van der Waals surface area contributed by atoms with E-state index in [0.717, 1.165) is 37.9 Å². The Morgan fingerprint density at radius 2 is 1.93 bits per heavy atom. The van der Waals surface area contributed by atoms with Crippen molar-refractivity contribution in [2.45, 2.75) is 38.3 Å². The second kappa shape index (κ2) is 9.00. The van der Waals surface area contributed by atoms with Gasteiger partial charge in [0.15, 0.2) is 0 Å². The quantitative estimate of drug-likeness (QED) is 0.854. The van der Waals surface area contributed by atoms with Crippen LogP contribution in [-0.2, 0) is 6.42 Å². The van der Waals surface area contributed by atoms with Crippen LogP contribution in [0.25, 0.3) is 0 Å². The number of anilines is 1. The van der Waals surface area contributed by atoms with Gasteiger partial charge in [-0.25, -0.2) is 0 Å². The van der Waals surface area contributed by atoms with Crippen LogP contribution in [0.2, 0.25) is 0 Å². The van der Waals surface area contributed by atoms with Crippen LogP contribution < -0.4 is 10.2 Å². The molecule has 1 fully saturated rings. The second-order valence-corrected chi connectivity index (χ2v) is 7.64. The Morgan fingerprint density at radius 3 is 2.52 bits per heavy atom. The normalized spacial score (nSPS) is 16.2. The lowest BCUT2D eigenvalue weighted by Gasteiger charge is -2.35. The van der Waals surface area contributed by atoms with Crippen molar-refractivity contribution in [2.24, 2.45) is 0 Å². The molecule has 1 aliphatic heterocycles. The van der Waals surface area contributed by atoms with Gasteiger partial charge in [0.05, 0.1) is 0 Å². The van der Waals surface area contributed by atoms with Crippen molar-refractivity contribution in [3.8, 4) is 0 Å². The molecule has 0 spiro atoms. The molecule has 2 heterocycles. The Bertz CT molecular complexity index is 722. The zero-order valence-electron chi connectivity index (χ0n) is 16.6. The molecule has 0 aliphatic carbocycles. The number of hydrogen-bond donors (Lipinski definition) is 1. The van der Waals surface area contributed by atoms with Gasteiger partial charge in [-0.05, 0) is 62.1 Å². The van der Waals surface area contributed by atoms with E-state index in [2.05, 4.69) is 40.3 Å². The highest BCUT2D eigenvalue weighted by atomic mass is 16.2. The molecule has 1 N–H and O–H groups in total. The number of piperidine rings is 1. The van der Waals surface area contributed by atoms with Crippen LogP contribution in [0.3, 0.4) is 0 Å². The highest BCUT2D eigenvalue weighted by Crippen LogP contribution is 2.21. The van der Waals surface area contributed by atoms with Gasteiger partial charge in [0, 0.05) is 62.9 Å². The maximum absolute atomic E-state index is 12.0. The number of hydrogen-bond acceptors (Lipinski definition) is 4. The standard InChI is InChI=1S/C22H30N4O/c1-17(15-18-5-4-12-23-16-18)24-20-10-13-26(14-11-20)21-8-6-19(7-9-21)22(27)25(2)3/h4-9,12,16-17,20,24H,10-11,13-15H2,1-3H3. The van der Waals surface area contributed by atoms with Gasteiger partial charge in [0.1, 0.15) is 0 Å². The largest absolute Gasteiger partial charge is 0.371 e. The molecular formula is C22H30N4O. The lowest BCUT2D eigenvalue weighted by atomic mass is 10.0. The fourth-order valence-electron chi connectivity index (χ4n) is 3.71. The van der Waals surface area contributed by atoms with Crippen LogP contribution in [0.1, 0.15) is 35.7 Å². The van der Waals surface area contributed by atoms with Crippen LogP contribution in [0, 0.1) is 0 Å². The summed E-state index contributed by atoms with van der Waals surface area (Å²) in [6.07, 6.45) is 7.05.